The topological polar surface area (TPSA) is 130 Å². The number of carboxylic acids is 1. The van der Waals surface area contributed by atoms with Crippen LogP contribution in [0.3, 0.4) is 0 Å². The highest BCUT2D eigenvalue weighted by atomic mass is 32.2. The highest BCUT2D eigenvalue weighted by Crippen LogP contribution is 2.25. The lowest BCUT2D eigenvalue weighted by Gasteiger charge is -2.13. The largest absolute Gasteiger partial charge is 0.478 e. The molecule has 1 aliphatic rings. The van der Waals surface area contributed by atoms with E-state index in [1.54, 1.807) is 0 Å². The molecule has 7 nitrogen and oxygen atoms in total. The fourth-order valence-corrected chi connectivity index (χ4v) is 3.78. The third kappa shape index (κ3) is 3.72. The molecule has 1 aliphatic carbocycles. The zero-order valence-corrected chi connectivity index (χ0v) is 12.1. The summed E-state index contributed by atoms with van der Waals surface area (Å²) < 4.78 is 26.9. The van der Waals surface area contributed by atoms with Crippen molar-refractivity contribution in [1.82, 2.24) is 4.72 Å². The Bertz CT molecular complexity index is 644. The van der Waals surface area contributed by atoms with Crippen LogP contribution in [-0.2, 0) is 10.0 Å². The van der Waals surface area contributed by atoms with Gasteiger partial charge in [0.05, 0.1) is 16.6 Å². The summed E-state index contributed by atoms with van der Waals surface area (Å²) in [5, 5.41) is 18.5. The molecular weight excluding hydrogens is 296 g/mol. The number of hydrogen-bond acceptors (Lipinski definition) is 5. The smallest absolute Gasteiger partial charge is 0.337 e. The number of hydrogen-bond donors (Lipinski definition) is 4. The number of sulfonamides is 1. The lowest BCUT2D eigenvalue weighted by molar-refractivity contribution is 0.0692. The molecule has 0 aliphatic heterocycles. The number of carbonyl (C=O) groups is 1. The van der Waals surface area contributed by atoms with Gasteiger partial charge in [-0.25, -0.2) is 17.9 Å². The van der Waals surface area contributed by atoms with E-state index < -0.39 is 16.0 Å². The maximum absolute atomic E-state index is 12.2. The maximum atomic E-state index is 12.2. The Kier molecular flexibility index (Phi) is 4.50. The Balaban J connectivity index is 2.17. The van der Waals surface area contributed by atoms with Gasteiger partial charge in [-0.2, -0.15) is 0 Å². The van der Waals surface area contributed by atoms with Crippen molar-refractivity contribution < 1.29 is 23.4 Å². The molecule has 1 aromatic rings. The zero-order chi connectivity index (χ0) is 15.6. The highest BCUT2D eigenvalue weighted by Gasteiger charge is 2.27. The first-order valence-corrected chi connectivity index (χ1v) is 8.08. The molecular formula is C13H18N2O5S. The lowest BCUT2D eigenvalue weighted by atomic mass is 10.1. The minimum absolute atomic E-state index is 0.0665. The average molecular weight is 314 g/mol. The van der Waals surface area contributed by atoms with Crippen LogP contribution in [0.5, 0.6) is 0 Å². The Labute approximate surface area is 122 Å². The van der Waals surface area contributed by atoms with E-state index in [1.165, 1.54) is 12.1 Å². The summed E-state index contributed by atoms with van der Waals surface area (Å²) in [5.41, 5.74) is 5.32. The van der Waals surface area contributed by atoms with Gasteiger partial charge in [0.2, 0.25) is 10.0 Å². The van der Waals surface area contributed by atoms with Gasteiger partial charge in [0.1, 0.15) is 0 Å². The third-order valence-electron chi connectivity index (χ3n) is 3.60. The van der Waals surface area contributed by atoms with Gasteiger partial charge in [-0.3, -0.25) is 0 Å². The SMILES string of the molecule is Nc1ccc(S(=O)(=O)NCC2CCC(O)C2)c(C(=O)O)c1. The van der Waals surface area contributed by atoms with Crippen LogP contribution in [0, 0.1) is 5.92 Å². The second-order valence-electron chi connectivity index (χ2n) is 5.25. The molecule has 1 saturated carbocycles. The van der Waals surface area contributed by atoms with Gasteiger partial charge in [0.15, 0.2) is 0 Å². The molecule has 2 atom stereocenters. The molecule has 5 N–H and O–H groups in total. The molecule has 0 spiro atoms. The summed E-state index contributed by atoms with van der Waals surface area (Å²) in [7, 11) is -3.93. The van der Waals surface area contributed by atoms with Crippen LogP contribution < -0.4 is 10.5 Å². The molecule has 8 heteroatoms. The summed E-state index contributed by atoms with van der Waals surface area (Å²) in [5.74, 6) is -1.28. The fourth-order valence-electron chi connectivity index (χ4n) is 2.49. The van der Waals surface area contributed by atoms with Crippen molar-refractivity contribution in [2.45, 2.75) is 30.3 Å². The first kappa shape index (κ1) is 15.7. The van der Waals surface area contributed by atoms with Crippen molar-refractivity contribution >= 4 is 21.7 Å². The van der Waals surface area contributed by atoms with Crippen molar-refractivity contribution in [1.29, 1.82) is 0 Å². The van der Waals surface area contributed by atoms with E-state index in [0.29, 0.717) is 12.8 Å². The van der Waals surface area contributed by atoms with Crippen LogP contribution in [-0.4, -0.2) is 37.2 Å². The number of nitrogens with one attached hydrogen (secondary N) is 1. The van der Waals surface area contributed by atoms with Gasteiger partial charge in [-0.05, 0) is 43.4 Å². The van der Waals surface area contributed by atoms with Gasteiger partial charge in [-0.15, -0.1) is 0 Å². The predicted molar refractivity (Wildman–Crippen MR) is 76.4 cm³/mol. The minimum atomic E-state index is -3.93. The molecule has 0 bridgehead atoms. The maximum Gasteiger partial charge on any atom is 0.337 e. The van der Waals surface area contributed by atoms with Gasteiger partial charge in [0.25, 0.3) is 0 Å². The van der Waals surface area contributed by atoms with E-state index in [0.717, 1.165) is 12.5 Å². The molecule has 2 rings (SSSR count). The van der Waals surface area contributed by atoms with Crippen LogP contribution >= 0.6 is 0 Å². The summed E-state index contributed by atoms with van der Waals surface area (Å²) >= 11 is 0. The Morgan fingerprint density at radius 2 is 2.10 bits per heavy atom. The number of rotatable bonds is 5. The summed E-state index contributed by atoms with van der Waals surface area (Å²) in [4.78, 5) is 10.8. The van der Waals surface area contributed by atoms with Gasteiger partial charge < -0.3 is 15.9 Å². The first-order chi connectivity index (χ1) is 9.79. The normalized spacial score (nSPS) is 22.3. The van der Waals surface area contributed by atoms with Gasteiger partial charge in [0, 0.05) is 12.2 Å². The van der Waals surface area contributed by atoms with Crippen molar-refractivity contribution in [3.63, 3.8) is 0 Å². The predicted octanol–water partition coefficient (Wildman–Crippen LogP) is 0.406. The number of nitrogen functional groups attached to an aromatic ring is 1. The molecule has 0 aromatic heterocycles. The summed E-state index contributed by atoms with van der Waals surface area (Å²) in [6.07, 6.45) is 1.58. The molecule has 0 radical (unpaired) electrons. The number of benzene rings is 1. The van der Waals surface area contributed by atoms with Gasteiger partial charge >= 0.3 is 5.97 Å². The number of carboxylic acid groups (broad SMARTS) is 1. The molecule has 1 aromatic carbocycles. The van der Waals surface area contributed by atoms with E-state index >= 15 is 0 Å². The molecule has 0 amide bonds. The van der Waals surface area contributed by atoms with E-state index in [9.17, 15) is 18.3 Å². The van der Waals surface area contributed by atoms with Crippen molar-refractivity contribution in [2.24, 2.45) is 5.92 Å². The molecule has 2 unspecified atom stereocenters. The Morgan fingerprint density at radius 3 is 2.67 bits per heavy atom. The Morgan fingerprint density at radius 1 is 1.38 bits per heavy atom. The quantitative estimate of drug-likeness (QED) is 0.582. The molecule has 0 heterocycles. The Hall–Kier alpha value is -1.64. The molecule has 0 saturated heterocycles. The fraction of sp³-hybridized carbons (Fsp3) is 0.462. The summed E-state index contributed by atoms with van der Waals surface area (Å²) in [6.45, 7) is 0.183. The number of aliphatic hydroxyl groups is 1. The standard InChI is InChI=1S/C13H18N2O5S/c14-9-2-4-12(11(6-9)13(17)18)21(19,20)15-7-8-1-3-10(16)5-8/h2,4,6,8,10,15-16H,1,3,5,7,14H2,(H,17,18). The first-order valence-electron chi connectivity index (χ1n) is 6.60. The van der Waals surface area contributed by atoms with E-state index in [1.807, 2.05) is 0 Å². The van der Waals surface area contributed by atoms with E-state index in [4.69, 9.17) is 10.8 Å². The zero-order valence-electron chi connectivity index (χ0n) is 11.3. The number of nitrogens with two attached hydrogens (primary N) is 1. The highest BCUT2D eigenvalue weighted by molar-refractivity contribution is 7.89. The van der Waals surface area contributed by atoms with Crippen molar-refractivity contribution in [3.05, 3.63) is 23.8 Å². The van der Waals surface area contributed by atoms with Gasteiger partial charge in [-0.1, -0.05) is 0 Å². The van der Waals surface area contributed by atoms with E-state index in [-0.39, 0.29) is 34.7 Å². The van der Waals surface area contributed by atoms with E-state index in [2.05, 4.69) is 4.72 Å². The van der Waals surface area contributed by atoms with Crippen LogP contribution in [0.2, 0.25) is 0 Å². The molecule has 116 valence electrons. The monoisotopic (exact) mass is 314 g/mol. The number of anilines is 1. The van der Waals surface area contributed by atoms with Crippen LogP contribution in [0.25, 0.3) is 0 Å². The van der Waals surface area contributed by atoms with Crippen molar-refractivity contribution in [2.75, 3.05) is 12.3 Å². The number of aliphatic hydroxyl groups excluding tert-OH is 1. The summed E-state index contributed by atoms with van der Waals surface area (Å²) in [6, 6.07) is 3.65. The second kappa shape index (κ2) is 6.00. The molecule has 1 fully saturated rings. The van der Waals surface area contributed by atoms with Crippen LogP contribution in [0.1, 0.15) is 29.6 Å². The van der Waals surface area contributed by atoms with Crippen molar-refractivity contribution in [3.8, 4) is 0 Å². The number of aromatic carboxylic acids is 1. The van der Waals surface area contributed by atoms with Crippen LogP contribution in [0.4, 0.5) is 5.69 Å². The lowest BCUT2D eigenvalue weighted by Crippen LogP contribution is -2.30. The van der Waals surface area contributed by atoms with Crippen LogP contribution in [0.15, 0.2) is 23.1 Å². The second-order valence-corrected chi connectivity index (χ2v) is 6.98. The third-order valence-corrected chi connectivity index (χ3v) is 5.08. The molecule has 21 heavy (non-hydrogen) atoms. The minimum Gasteiger partial charge on any atom is -0.478 e. The average Bonchev–Trinajstić information content (AvgIpc) is 2.82.